The van der Waals surface area contributed by atoms with Crippen molar-refractivity contribution in [2.75, 3.05) is 26.7 Å². The van der Waals surface area contributed by atoms with Gasteiger partial charge in [0.2, 0.25) is 0 Å². The number of nitrogens with zero attached hydrogens (tertiary/aromatic N) is 1. The molecule has 5 nitrogen and oxygen atoms in total. The molecular formula is C26H37Cl2NO4. The van der Waals surface area contributed by atoms with Gasteiger partial charge in [-0.15, -0.1) is 0 Å². The fourth-order valence-electron chi connectivity index (χ4n) is 5.64. The van der Waals surface area contributed by atoms with Crippen LogP contribution in [0, 0.1) is 23.7 Å². The van der Waals surface area contributed by atoms with E-state index in [0.717, 1.165) is 31.5 Å². The molecule has 0 radical (unpaired) electrons. The smallest absolute Gasteiger partial charge is 0.303 e. The van der Waals surface area contributed by atoms with Gasteiger partial charge in [0.25, 0.3) is 0 Å². The highest BCUT2D eigenvalue weighted by atomic mass is 35.5. The molecule has 0 spiro atoms. The zero-order valence-electron chi connectivity index (χ0n) is 20.3. The maximum atomic E-state index is 11.7. The highest BCUT2D eigenvalue weighted by Crippen LogP contribution is 2.51. The van der Waals surface area contributed by atoms with Crippen molar-refractivity contribution in [3.05, 3.63) is 39.9 Å². The lowest BCUT2D eigenvalue weighted by molar-refractivity contribution is -0.159. The van der Waals surface area contributed by atoms with E-state index in [1.165, 1.54) is 6.92 Å². The molecule has 1 N–H and O–H groups in total. The van der Waals surface area contributed by atoms with Crippen LogP contribution < -0.4 is 4.74 Å². The number of halogens is 2. The van der Waals surface area contributed by atoms with E-state index in [4.69, 9.17) is 32.7 Å². The van der Waals surface area contributed by atoms with Crippen molar-refractivity contribution >= 4 is 29.2 Å². The highest BCUT2D eigenvalue weighted by Gasteiger charge is 2.52. The van der Waals surface area contributed by atoms with E-state index in [-0.39, 0.29) is 23.9 Å². The van der Waals surface area contributed by atoms with Gasteiger partial charge in [-0.05, 0) is 62.3 Å². The fourth-order valence-corrected chi connectivity index (χ4v) is 6.15. The van der Waals surface area contributed by atoms with Crippen molar-refractivity contribution in [3.8, 4) is 5.75 Å². The molecule has 1 aromatic rings. The Balaban J connectivity index is 1.62. The number of hydrogen-bond donors (Lipinski definition) is 1. The molecular weight excluding hydrogens is 461 g/mol. The van der Waals surface area contributed by atoms with Crippen LogP contribution in [0.25, 0.3) is 0 Å². The van der Waals surface area contributed by atoms with E-state index in [0.29, 0.717) is 40.7 Å². The first-order valence-corrected chi connectivity index (χ1v) is 12.6. The van der Waals surface area contributed by atoms with Gasteiger partial charge >= 0.3 is 5.97 Å². The van der Waals surface area contributed by atoms with Crippen LogP contribution in [0.2, 0.25) is 10.0 Å². The second kappa shape index (κ2) is 11.0. The molecule has 0 unspecified atom stereocenters. The zero-order valence-corrected chi connectivity index (χ0v) is 21.8. The summed E-state index contributed by atoms with van der Waals surface area (Å²) in [6, 6.07) is 5.34. The Bertz CT molecular complexity index is 856. The van der Waals surface area contributed by atoms with Gasteiger partial charge in [0.15, 0.2) is 5.75 Å². The first-order chi connectivity index (χ1) is 15.5. The number of likely N-dealkylation sites (N-methyl/N-ethyl adjacent to an activating group) is 1. The Morgan fingerprint density at radius 2 is 1.97 bits per heavy atom. The quantitative estimate of drug-likeness (QED) is 0.373. The van der Waals surface area contributed by atoms with E-state index < -0.39 is 5.60 Å². The molecule has 0 heterocycles. The standard InChI is InChI=1S/C26H37Cl2NO4/c1-16-13-21-20(10-9-18(3)26(21,31)14-24(16)33-19(4)30)17(2)15-29(5)11-12-32-25-22(27)7-6-8-23(25)28/h6-8,13,17-18,20-21,24,31H,9-12,14-15H2,1-5H3/t17-,18-,20+,21-,24-,26-/m1/s1. The van der Waals surface area contributed by atoms with Crippen LogP contribution >= 0.6 is 23.2 Å². The topological polar surface area (TPSA) is 59.0 Å². The third-order valence-electron chi connectivity index (χ3n) is 7.56. The molecule has 33 heavy (non-hydrogen) atoms. The molecule has 6 atom stereocenters. The largest absolute Gasteiger partial charge is 0.489 e. The molecule has 0 aromatic heterocycles. The molecule has 0 bridgehead atoms. The molecule has 7 heteroatoms. The number of para-hydroxylation sites is 1. The molecule has 0 aliphatic heterocycles. The van der Waals surface area contributed by atoms with E-state index in [9.17, 15) is 9.90 Å². The van der Waals surface area contributed by atoms with E-state index in [1.807, 2.05) is 6.92 Å². The monoisotopic (exact) mass is 497 g/mol. The average Bonchev–Trinajstić information content (AvgIpc) is 2.72. The first-order valence-electron chi connectivity index (χ1n) is 11.9. The lowest BCUT2D eigenvalue weighted by Crippen LogP contribution is -2.56. The van der Waals surface area contributed by atoms with Crippen molar-refractivity contribution in [1.29, 1.82) is 0 Å². The Labute approximate surface area is 208 Å². The van der Waals surface area contributed by atoms with Crippen LogP contribution in [0.15, 0.2) is 29.8 Å². The van der Waals surface area contributed by atoms with Crippen LogP contribution in [0.3, 0.4) is 0 Å². The van der Waals surface area contributed by atoms with Crippen molar-refractivity contribution in [2.24, 2.45) is 23.7 Å². The number of fused-ring (bicyclic) bond motifs is 1. The molecule has 2 aliphatic rings. The van der Waals surface area contributed by atoms with Gasteiger partial charge < -0.3 is 19.5 Å². The number of carbonyl (C=O) groups excluding carboxylic acids is 1. The summed E-state index contributed by atoms with van der Waals surface area (Å²) >= 11 is 12.4. The Hall–Kier alpha value is -1.27. The van der Waals surface area contributed by atoms with Gasteiger partial charge in [-0.3, -0.25) is 4.79 Å². The number of benzene rings is 1. The van der Waals surface area contributed by atoms with Crippen LogP contribution in [-0.4, -0.2) is 54.4 Å². The molecule has 1 aromatic carbocycles. The maximum Gasteiger partial charge on any atom is 0.303 e. The number of hydrogen-bond acceptors (Lipinski definition) is 5. The molecule has 184 valence electrons. The van der Waals surface area contributed by atoms with E-state index in [1.54, 1.807) is 18.2 Å². The molecule has 3 rings (SSSR count). The third kappa shape index (κ3) is 6.05. The van der Waals surface area contributed by atoms with Crippen LogP contribution in [0.5, 0.6) is 5.75 Å². The second-order valence-corrected chi connectivity index (χ2v) is 10.8. The second-order valence-electron chi connectivity index (χ2n) is 10.0. The summed E-state index contributed by atoms with van der Waals surface area (Å²) in [5, 5.41) is 12.8. The summed E-state index contributed by atoms with van der Waals surface area (Å²) in [7, 11) is 2.09. The predicted molar refractivity (Wildman–Crippen MR) is 133 cm³/mol. The Morgan fingerprint density at radius 3 is 2.61 bits per heavy atom. The van der Waals surface area contributed by atoms with Crippen molar-refractivity contribution in [2.45, 2.75) is 58.7 Å². The molecule has 0 saturated heterocycles. The van der Waals surface area contributed by atoms with Gasteiger partial charge in [-0.1, -0.05) is 49.2 Å². The van der Waals surface area contributed by atoms with Crippen molar-refractivity contribution < 1.29 is 19.4 Å². The van der Waals surface area contributed by atoms with Crippen LogP contribution in [0.1, 0.15) is 47.0 Å². The summed E-state index contributed by atoms with van der Waals surface area (Å²) < 4.78 is 11.4. The van der Waals surface area contributed by atoms with Gasteiger partial charge in [-0.25, -0.2) is 0 Å². The fraction of sp³-hybridized carbons (Fsp3) is 0.654. The lowest BCUT2D eigenvalue weighted by atomic mass is 9.57. The minimum atomic E-state index is -0.848. The van der Waals surface area contributed by atoms with Crippen molar-refractivity contribution in [3.63, 3.8) is 0 Å². The summed E-state index contributed by atoms with van der Waals surface area (Å²) in [6.45, 7) is 9.96. The van der Waals surface area contributed by atoms with Crippen molar-refractivity contribution in [1.82, 2.24) is 4.90 Å². The molecule has 2 aliphatic carbocycles. The third-order valence-corrected chi connectivity index (χ3v) is 8.16. The van der Waals surface area contributed by atoms with E-state index in [2.05, 4.69) is 31.9 Å². The minimum Gasteiger partial charge on any atom is -0.489 e. The number of ether oxygens (including phenoxy) is 2. The summed E-state index contributed by atoms with van der Waals surface area (Å²) in [5.41, 5.74) is 0.198. The maximum absolute atomic E-state index is 11.7. The normalized spacial score (nSPS) is 30.4. The minimum absolute atomic E-state index is 0.0645. The van der Waals surface area contributed by atoms with Gasteiger partial charge in [0.1, 0.15) is 12.7 Å². The summed E-state index contributed by atoms with van der Waals surface area (Å²) in [6.07, 6.45) is 4.37. The summed E-state index contributed by atoms with van der Waals surface area (Å²) in [4.78, 5) is 13.8. The average molecular weight is 498 g/mol. The first kappa shape index (κ1) is 26.3. The summed E-state index contributed by atoms with van der Waals surface area (Å²) in [5.74, 6) is 1.21. The molecule has 1 saturated carbocycles. The van der Waals surface area contributed by atoms with Gasteiger partial charge in [0.05, 0.1) is 15.6 Å². The highest BCUT2D eigenvalue weighted by molar-refractivity contribution is 6.37. The van der Waals surface area contributed by atoms with Crippen LogP contribution in [0.4, 0.5) is 0 Å². The van der Waals surface area contributed by atoms with Crippen LogP contribution in [-0.2, 0) is 9.53 Å². The predicted octanol–water partition coefficient (Wildman–Crippen LogP) is 5.62. The molecule has 1 fully saturated rings. The van der Waals surface area contributed by atoms with E-state index >= 15 is 0 Å². The molecule has 0 amide bonds. The Morgan fingerprint density at radius 1 is 1.30 bits per heavy atom. The van der Waals surface area contributed by atoms with Gasteiger partial charge in [0, 0.05) is 32.4 Å². The number of rotatable bonds is 8. The Kier molecular flexibility index (Phi) is 8.77. The number of aliphatic hydroxyl groups is 1. The SMILES string of the molecule is CC(=O)O[C@@H]1C[C@@]2(O)[C@H](C)CC[C@@H]([C@H](C)CN(C)CCOc3c(Cl)cccc3Cl)[C@H]2C=C1C. The number of carbonyl (C=O) groups is 1. The zero-order chi connectivity index (χ0) is 24.3. The number of esters is 1. The van der Waals surface area contributed by atoms with Gasteiger partial charge in [-0.2, -0.15) is 0 Å². The lowest BCUT2D eigenvalue weighted by Gasteiger charge is -2.53.